The third kappa shape index (κ3) is 16.8. The van der Waals surface area contributed by atoms with E-state index in [-0.39, 0.29) is 5.69 Å². The van der Waals surface area contributed by atoms with Gasteiger partial charge in [-0.25, -0.2) is 0 Å². The molecule has 11 heteroatoms. The first kappa shape index (κ1) is 28.2. The van der Waals surface area contributed by atoms with Gasteiger partial charge in [-0.1, -0.05) is 0 Å². The fourth-order valence-corrected chi connectivity index (χ4v) is 2.23. The summed E-state index contributed by atoms with van der Waals surface area (Å²) in [6.07, 6.45) is 0. The van der Waals surface area contributed by atoms with Gasteiger partial charge in [0.25, 0.3) is 5.69 Å². The van der Waals surface area contributed by atoms with Crippen LogP contribution in [-0.4, -0.2) is 105 Å². The van der Waals surface area contributed by atoms with Gasteiger partial charge in [0.15, 0.2) is 0 Å². The van der Waals surface area contributed by atoms with E-state index in [2.05, 4.69) is 0 Å². The maximum atomic E-state index is 10.6. The first-order chi connectivity index (χ1) is 15.7. The first-order valence-corrected chi connectivity index (χ1v) is 10.6. The minimum Gasteiger partial charge on any atom is -0.491 e. The molecule has 0 amide bonds. The lowest BCUT2D eigenvalue weighted by molar-refractivity contribution is -0.384. The van der Waals surface area contributed by atoms with E-state index in [1.54, 1.807) is 19.2 Å². The Labute approximate surface area is 188 Å². The molecule has 0 radical (unpaired) electrons. The highest BCUT2D eigenvalue weighted by atomic mass is 16.6. The van der Waals surface area contributed by atoms with Gasteiger partial charge in [0.05, 0.1) is 90.8 Å². The van der Waals surface area contributed by atoms with Gasteiger partial charge in [-0.3, -0.25) is 10.1 Å². The Morgan fingerprint density at radius 1 is 0.594 bits per heavy atom. The molecule has 1 rings (SSSR count). The van der Waals surface area contributed by atoms with Crippen molar-refractivity contribution in [3.05, 3.63) is 34.4 Å². The molecular formula is C21H35NO10. The normalized spacial score (nSPS) is 11.0. The maximum Gasteiger partial charge on any atom is 0.269 e. The Morgan fingerprint density at radius 3 is 1.28 bits per heavy atom. The smallest absolute Gasteiger partial charge is 0.269 e. The van der Waals surface area contributed by atoms with Crippen LogP contribution in [0.15, 0.2) is 24.3 Å². The summed E-state index contributed by atoms with van der Waals surface area (Å²) in [6, 6.07) is 5.91. The third-order valence-corrected chi connectivity index (χ3v) is 3.84. The Morgan fingerprint density at radius 2 is 0.938 bits per heavy atom. The van der Waals surface area contributed by atoms with E-state index in [1.807, 2.05) is 0 Å². The second-order valence-corrected chi connectivity index (χ2v) is 6.27. The molecule has 0 aliphatic rings. The molecule has 0 aromatic heterocycles. The van der Waals surface area contributed by atoms with Gasteiger partial charge in [-0.15, -0.1) is 0 Å². The molecule has 1 aromatic carbocycles. The van der Waals surface area contributed by atoms with Gasteiger partial charge >= 0.3 is 0 Å². The van der Waals surface area contributed by atoms with Crippen molar-refractivity contribution in [2.24, 2.45) is 0 Å². The van der Waals surface area contributed by atoms with Crippen molar-refractivity contribution >= 4 is 5.69 Å². The van der Waals surface area contributed by atoms with Crippen LogP contribution in [0, 0.1) is 10.1 Å². The number of benzene rings is 1. The summed E-state index contributed by atoms with van der Waals surface area (Å²) >= 11 is 0. The molecule has 11 nitrogen and oxygen atoms in total. The van der Waals surface area contributed by atoms with Gasteiger partial charge in [0, 0.05) is 19.2 Å². The monoisotopic (exact) mass is 461 g/mol. The highest BCUT2D eigenvalue weighted by Crippen LogP contribution is 2.16. The molecule has 0 aliphatic heterocycles. The number of non-ortho nitro benzene ring substituents is 1. The van der Waals surface area contributed by atoms with Crippen LogP contribution in [0.25, 0.3) is 0 Å². The van der Waals surface area contributed by atoms with E-state index in [0.29, 0.717) is 98.2 Å². The zero-order chi connectivity index (χ0) is 23.1. The number of rotatable bonds is 23. The second-order valence-electron chi connectivity index (χ2n) is 6.27. The van der Waals surface area contributed by atoms with Gasteiger partial charge in [-0.05, 0) is 12.1 Å². The van der Waals surface area contributed by atoms with Gasteiger partial charge in [0.2, 0.25) is 0 Å². The average Bonchev–Trinajstić information content (AvgIpc) is 2.80. The molecule has 32 heavy (non-hydrogen) atoms. The van der Waals surface area contributed by atoms with E-state index in [1.165, 1.54) is 12.1 Å². The summed E-state index contributed by atoms with van der Waals surface area (Å²) in [5.41, 5.74) is 0.0309. The molecule has 0 spiro atoms. The predicted molar refractivity (Wildman–Crippen MR) is 115 cm³/mol. The zero-order valence-corrected chi connectivity index (χ0v) is 18.7. The van der Waals surface area contributed by atoms with E-state index in [9.17, 15) is 10.1 Å². The first-order valence-electron chi connectivity index (χ1n) is 10.6. The van der Waals surface area contributed by atoms with Crippen LogP contribution in [0.5, 0.6) is 5.75 Å². The van der Waals surface area contributed by atoms with Crippen molar-refractivity contribution in [1.82, 2.24) is 0 Å². The molecule has 0 N–H and O–H groups in total. The highest BCUT2D eigenvalue weighted by molar-refractivity contribution is 5.35. The number of ether oxygens (including phenoxy) is 8. The lowest BCUT2D eigenvalue weighted by atomic mass is 10.3. The van der Waals surface area contributed by atoms with Crippen LogP contribution in [0.3, 0.4) is 0 Å². The van der Waals surface area contributed by atoms with Crippen molar-refractivity contribution in [3.8, 4) is 5.75 Å². The predicted octanol–water partition coefficient (Wildman–Crippen LogP) is 1.72. The second kappa shape index (κ2) is 21.0. The van der Waals surface area contributed by atoms with Gasteiger partial charge in [0.1, 0.15) is 12.4 Å². The number of hydrogen-bond acceptors (Lipinski definition) is 10. The molecule has 0 atom stereocenters. The van der Waals surface area contributed by atoms with Crippen molar-refractivity contribution in [3.63, 3.8) is 0 Å². The number of hydrogen-bond donors (Lipinski definition) is 0. The van der Waals surface area contributed by atoms with Crippen LogP contribution < -0.4 is 4.74 Å². The quantitative estimate of drug-likeness (QED) is 0.135. The van der Waals surface area contributed by atoms with E-state index >= 15 is 0 Å². The van der Waals surface area contributed by atoms with Crippen molar-refractivity contribution < 1.29 is 42.8 Å². The molecule has 0 unspecified atom stereocenters. The lowest BCUT2D eigenvalue weighted by Gasteiger charge is -2.09. The number of nitrogens with zero attached hydrogens (tertiary/aromatic N) is 1. The Balaban J connectivity index is 1.73. The lowest BCUT2D eigenvalue weighted by Crippen LogP contribution is -2.15. The summed E-state index contributed by atoms with van der Waals surface area (Å²) in [5.74, 6) is 0.562. The largest absolute Gasteiger partial charge is 0.491 e. The van der Waals surface area contributed by atoms with Gasteiger partial charge in [-0.2, -0.15) is 0 Å². The molecule has 184 valence electrons. The number of nitro groups is 1. The summed E-state index contributed by atoms with van der Waals surface area (Å²) in [5, 5.41) is 10.6. The molecule has 0 saturated carbocycles. The van der Waals surface area contributed by atoms with Crippen LogP contribution >= 0.6 is 0 Å². The summed E-state index contributed by atoms with van der Waals surface area (Å²) in [6.45, 7) is 6.93. The van der Waals surface area contributed by atoms with Crippen LogP contribution in [0.2, 0.25) is 0 Å². The standard InChI is InChI=1S/C21H35NO10/c1-25-6-7-26-8-9-27-10-11-28-12-13-29-14-15-30-16-17-31-18-19-32-21-4-2-20(3-5-21)22(23)24/h2-5H,6-19H2,1H3. The molecule has 1 aromatic rings. The van der Waals surface area contributed by atoms with E-state index in [4.69, 9.17) is 37.9 Å². The molecule has 0 heterocycles. The molecule has 0 bridgehead atoms. The Bertz CT molecular complexity index is 558. The zero-order valence-electron chi connectivity index (χ0n) is 18.7. The van der Waals surface area contributed by atoms with Crippen LogP contribution in [0.1, 0.15) is 0 Å². The molecule has 0 saturated heterocycles. The van der Waals surface area contributed by atoms with Crippen LogP contribution in [-0.2, 0) is 33.2 Å². The van der Waals surface area contributed by atoms with Gasteiger partial charge < -0.3 is 37.9 Å². The Hall–Kier alpha value is -1.86. The summed E-state index contributed by atoms with van der Waals surface area (Å²) in [4.78, 5) is 10.1. The third-order valence-electron chi connectivity index (χ3n) is 3.84. The van der Waals surface area contributed by atoms with E-state index < -0.39 is 4.92 Å². The van der Waals surface area contributed by atoms with Crippen molar-refractivity contribution in [2.45, 2.75) is 0 Å². The van der Waals surface area contributed by atoms with Crippen molar-refractivity contribution in [2.75, 3.05) is 99.6 Å². The molecule has 0 aliphatic carbocycles. The fourth-order valence-electron chi connectivity index (χ4n) is 2.23. The molecule has 0 fully saturated rings. The minimum absolute atomic E-state index is 0.0309. The summed E-state index contributed by atoms with van der Waals surface area (Å²) < 4.78 is 42.6. The fraction of sp³-hybridized carbons (Fsp3) is 0.714. The average molecular weight is 462 g/mol. The Kier molecular flexibility index (Phi) is 18.5. The van der Waals surface area contributed by atoms with Crippen molar-refractivity contribution in [1.29, 1.82) is 0 Å². The SMILES string of the molecule is COCCOCCOCCOCCOCCOCCOCCOc1ccc([N+](=O)[O-])cc1. The van der Waals surface area contributed by atoms with Crippen LogP contribution in [0.4, 0.5) is 5.69 Å². The molecular weight excluding hydrogens is 426 g/mol. The number of nitro benzene ring substituents is 1. The topological polar surface area (TPSA) is 117 Å². The highest BCUT2D eigenvalue weighted by Gasteiger charge is 2.04. The minimum atomic E-state index is -0.451. The van der Waals surface area contributed by atoms with E-state index in [0.717, 1.165) is 0 Å². The maximum absolute atomic E-state index is 10.6. The number of methoxy groups -OCH3 is 1. The summed E-state index contributed by atoms with van der Waals surface area (Å²) in [7, 11) is 1.64.